The number of aliphatic carboxylic acids is 1. The Hall–Kier alpha value is -1.75. The van der Waals surface area contributed by atoms with E-state index in [1.807, 2.05) is 0 Å². The zero-order valence-corrected chi connectivity index (χ0v) is 8.10. The molecule has 0 unspecified atom stereocenters. The average Bonchev–Trinajstić information content (AvgIpc) is 2.65. The van der Waals surface area contributed by atoms with Crippen molar-refractivity contribution in [2.75, 3.05) is 13.9 Å². The predicted molar refractivity (Wildman–Crippen MR) is 50.0 cm³/mol. The van der Waals surface area contributed by atoms with Crippen LogP contribution in [0.2, 0.25) is 0 Å². The smallest absolute Gasteiger partial charge is 0.337 e. The van der Waals surface area contributed by atoms with Crippen LogP contribution in [0, 0.1) is 0 Å². The summed E-state index contributed by atoms with van der Waals surface area (Å²) < 4.78 is 15.1. The third kappa shape index (κ3) is 1.73. The second-order valence-corrected chi connectivity index (χ2v) is 3.07. The largest absolute Gasteiger partial charge is 0.479 e. The molecule has 1 aromatic carbocycles. The number of rotatable bonds is 3. The van der Waals surface area contributed by atoms with Gasteiger partial charge in [-0.25, -0.2) is 4.79 Å². The van der Waals surface area contributed by atoms with Crippen LogP contribution in [0.4, 0.5) is 0 Å². The summed E-state index contributed by atoms with van der Waals surface area (Å²) >= 11 is 0. The quantitative estimate of drug-likeness (QED) is 0.811. The van der Waals surface area contributed by atoms with Gasteiger partial charge in [-0.1, -0.05) is 6.07 Å². The van der Waals surface area contributed by atoms with E-state index in [1.165, 1.54) is 7.11 Å². The van der Waals surface area contributed by atoms with Crippen molar-refractivity contribution in [2.45, 2.75) is 6.10 Å². The molecule has 0 spiro atoms. The van der Waals surface area contributed by atoms with E-state index in [0.717, 1.165) is 0 Å². The van der Waals surface area contributed by atoms with Crippen LogP contribution in [0.5, 0.6) is 11.5 Å². The Balaban J connectivity index is 2.32. The second kappa shape index (κ2) is 3.78. The maximum atomic E-state index is 10.8. The summed E-state index contributed by atoms with van der Waals surface area (Å²) in [5.41, 5.74) is 0.536. The summed E-state index contributed by atoms with van der Waals surface area (Å²) in [5, 5.41) is 8.88. The van der Waals surface area contributed by atoms with Crippen molar-refractivity contribution in [3.63, 3.8) is 0 Å². The van der Waals surface area contributed by atoms with Gasteiger partial charge in [0.05, 0.1) is 0 Å². The molecule has 2 rings (SSSR count). The molecule has 0 bridgehead atoms. The molecule has 0 saturated carbocycles. The minimum absolute atomic E-state index is 0.170. The van der Waals surface area contributed by atoms with Gasteiger partial charge in [0.25, 0.3) is 0 Å². The van der Waals surface area contributed by atoms with E-state index >= 15 is 0 Å². The van der Waals surface area contributed by atoms with E-state index < -0.39 is 12.1 Å². The number of carboxylic acid groups (broad SMARTS) is 1. The Labute approximate surface area is 86.2 Å². The third-order valence-electron chi connectivity index (χ3n) is 2.16. The van der Waals surface area contributed by atoms with Gasteiger partial charge in [0.1, 0.15) is 0 Å². The monoisotopic (exact) mass is 210 g/mol. The van der Waals surface area contributed by atoms with E-state index in [1.54, 1.807) is 18.2 Å². The van der Waals surface area contributed by atoms with Crippen LogP contribution in [-0.4, -0.2) is 25.0 Å². The van der Waals surface area contributed by atoms with Crippen molar-refractivity contribution < 1.29 is 24.1 Å². The highest BCUT2D eigenvalue weighted by Crippen LogP contribution is 2.34. The number of hydrogen-bond acceptors (Lipinski definition) is 4. The van der Waals surface area contributed by atoms with E-state index in [4.69, 9.17) is 19.3 Å². The molecule has 1 heterocycles. The minimum atomic E-state index is -1.03. The first kappa shape index (κ1) is 9.79. The molecule has 0 saturated heterocycles. The van der Waals surface area contributed by atoms with Gasteiger partial charge in [-0.15, -0.1) is 0 Å². The summed E-state index contributed by atoms with van der Waals surface area (Å²) in [6.07, 6.45) is -0.973. The normalized spacial score (nSPS) is 15.0. The summed E-state index contributed by atoms with van der Waals surface area (Å²) in [4.78, 5) is 10.8. The Bertz CT molecular complexity index is 387. The number of methoxy groups -OCH3 is 1. The summed E-state index contributed by atoms with van der Waals surface area (Å²) in [6, 6.07) is 4.94. The molecule has 0 amide bonds. The van der Waals surface area contributed by atoms with E-state index in [0.29, 0.717) is 17.1 Å². The lowest BCUT2D eigenvalue weighted by Crippen LogP contribution is -2.13. The van der Waals surface area contributed by atoms with E-state index in [2.05, 4.69) is 0 Å². The number of carbonyl (C=O) groups is 1. The molecule has 1 atom stereocenters. The number of ether oxygens (including phenoxy) is 3. The minimum Gasteiger partial charge on any atom is -0.479 e. The van der Waals surface area contributed by atoms with Crippen molar-refractivity contribution in [2.24, 2.45) is 0 Å². The molecule has 1 N–H and O–H groups in total. The fraction of sp³-hybridized carbons (Fsp3) is 0.300. The molecule has 1 aliphatic heterocycles. The maximum absolute atomic E-state index is 10.8. The van der Waals surface area contributed by atoms with Gasteiger partial charge >= 0.3 is 5.97 Å². The zero-order chi connectivity index (χ0) is 10.8. The summed E-state index contributed by atoms with van der Waals surface area (Å²) in [5.74, 6) is 0.145. The number of benzene rings is 1. The Morgan fingerprint density at radius 2 is 2.20 bits per heavy atom. The van der Waals surface area contributed by atoms with Gasteiger partial charge in [-0.2, -0.15) is 0 Å². The van der Waals surface area contributed by atoms with Crippen LogP contribution in [0.3, 0.4) is 0 Å². The highest BCUT2D eigenvalue weighted by Gasteiger charge is 2.22. The summed E-state index contributed by atoms with van der Waals surface area (Å²) in [6.45, 7) is 0.170. The van der Waals surface area contributed by atoms with Gasteiger partial charge in [0, 0.05) is 7.11 Å². The average molecular weight is 210 g/mol. The summed E-state index contributed by atoms with van der Waals surface area (Å²) in [7, 11) is 1.35. The highest BCUT2D eigenvalue weighted by atomic mass is 16.7. The third-order valence-corrected chi connectivity index (χ3v) is 2.16. The SMILES string of the molecule is CO[C@H](C(=O)O)c1ccc2c(c1)OCO2. The van der Waals surface area contributed by atoms with Gasteiger partial charge in [0.15, 0.2) is 17.6 Å². The van der Waals surface area contributed by atoms with Crippen molar-refractivity contribution in [3.8, 4) is 11.5 Å². The van der Waals surface area contributed by atoms with Gasteiger partial charge < -0.3 is 19.3 Å². The molecule has 1 aromatic rings. The number of hydrogen-bond donors (Lipinski definition) is 1. The second-order valence-electron chi connectivity index (χ2n) is 3.07. The van der Waals surface area contributed by atoms with Crippen LogP contribution in [0.25, 0.3) is 0 Å². The molecule has 0 aromatic heterocycles. The lowest BCUT2D eigenvalue weighted by atomic mass is 10.1. The molecule has 0 aliphatic carbocycles. The lowest BCUT2D eigenvalue weighted by molar-refractivity contribution is -0.148. The fourth-order valence-corrected chi connectivity index (χ4v) is 1.46. The number of carboxylic acids is 1. The Morgan fingerprint density at radius 3 is 2.87 bits per heavy atom. The van der Waals surface area contributed by atoms with E-state index in [-0.39, 0.29) is 6.79 Å². The molecule has 5 heteroatoms. The van der Waals surface area contributed by atoms with Crippen LogP contribution >= 0.6 is 0 Å². The molecule has 15 heavy (non-hydrogen) atoms. The van der Waals surface area contributed by atoms with Gasteiger partial charge in [-0.05, 0) is 17.7 Å². The maximum Gasteiger partial charge on any atom is 0.337 e. The van der Waals surface area contributed by atoms with Crippen LogP contribution in [-0.2, 0) is 9.53 Å². The lowest BCUT2D eigenvalue weighted by Gasteiger charge is -2.10. The van der Waals surface area contributed by atoms with E-state index in [9.17, 15) is 4.79 Å². The number of fused-ring (bicyclic) bond motifs is 1. The van der Waals surface area contributed by atoms with Crippen LogP contribution < -0.4 is 9.47 Å². The molecule has 5 nitrogen and oxygen atoms in total. The fourth-order valence-electron chi connectivity index (χ4n) is 1.46. The predicted octanol–water partition coefficient (Wildman–Crippen LogP) is 1.19. The molecule has 80 valence electrons. The molecular formula is C10H10O5. The Morgan fingerprint density at radius 1 is 1.47 bits per heavy atom. The van der Waals surface area contributed by atoms with Crippen molar-refractivity contribution in [1.29, 1.82) is 0 Å². The molecule has 0 fully saturated rings. The Kier molecular flexibility index (Phi) is 2.47. The van der Waals surface area contributed by atoms with Crippen molar-refractivity contribution in [1.82, 2.24) is 0 Å². The molecular weight excluding hydrogens is 200 g/mol. The van der Waals surface area contributed by atoms with Crippen LogP contribution in [0.15, 0.2) is 18.2 Å². The first-order valence-electron chi connectivity index (χ1n) is 4.37. The first-order valence-corrected chi connectivity index (χ1v) is 4.37. The van der Waals surface area contributed by atoms with Gasteiger partial charge in [-0.3, -0.25) is 0 Å². The van der Waals surface area contributed by atoms with Crippen LogP contribution in [0.1, 0.15) is 11.7 Å². The van der Waals surface area contributed by atoms with Crippen molar-refractivity contribution >= 4 is 5.97 Å². The topological polar surface area (TPSA) is 65.0 Å². The standard InChI is InChI=1S/C10H10O5/c1-13-9(10(11)12)6-2-3-7-8(4-6)15-5-14-7/h2-4,9H,5H2,1H3,(H,11,12)/t9-/m0/s1. The zero-order valence-electron chi connectivity index (χ0n) is 8.10. The van der Waals surface area contributed by atoms with Gasteiger partial charge in [0.2, 0.25) is 6.79 Å². The molecule has 1 aliphatic rings. The van der Waals surface area contributed by atoms with Crippen molar-refractivity contribution in [3.05, 3.63) is 23.8 Å². The highest BCUT2D eigenvalue weighted by molar-refractivity contribution is 5.74. The molecule has 0 radical (unpaired) electrons. The first-order chi connectivity index (χ1) is 7.22.